The van der Waals surface area contributed by atoms with Crippen LogP contribution in [0.15, 0.2) is 91.0 Å². The van der Waals surface area contributed by atoms with Gasteiger partial charge in [-0.3, -0.25) is 9.59 Å². The molecule has 2 saturated heterocycles. The van der Waals surface area contributed by atoms with Gasteiger partial charge in [0.05, 0.1) is 41.6 Å². The molecule has 2 N–H and O–H groups in total. The standard InChI is InChI=1S/C63H82O14/c1-8-50-38(4)55(76-58(69)41-20-14-10-15-21-41)56(77-59(70)42-22-16-11-17-23-42)61(74-50)72-34-36(2)24-27-48(64)37(3)52-49(65)33-47-45-26-25-43-32-44(28-30-62(43,6)46(45)29-31-63(47,52)7)73-60-54(67)39(5)53(66)51(75-60)35-71-57(68)40-18-12-9-13-19-40/h9-23,36-39,43-47,50-56,60-61,66-67H,8,24-35H2,1-7H3/t36-,37+,38+,39-,43?,44?,45?,46?,47?,50?,51?,52?,53+,54?,55-,56?,60+,61+,62?,63?/m0/s1. The molecule has 4 saturated carbocycles. The number of carbonyl (C=O) groups excluding carboxylic acids is 5. The molecule has 0 radical (unpaired) electrons. The first-order chi connectivity index (χ1) is 36.9. The number of ether oxygens (including phenoxy) is 7. The first-order valence-electron chi connectivity index (χ1n) is 28.7. The summed E-state index contributed by atoms with van der Waals surface area (Å²) in [5.41, 5.74) is 0.912. The van der Waals surface area contributed by atoms with Gasteiger partial charge in [-0.05, 0) is 135 Å². The van der Waals surface area contributed by atoms with E-state index in [-0.39, 0.29) is 71.5 Å². The number of aliphatic hydroxyl groups excluding tert-OH is 2. The Morgan fingerprint density at radius 1 is 0.688 bits per heavy atom. The fraction of sp³-hybridized carbons (Fsp3) is 0.635. The van der Waals surface area contributed by atoms with Crippen molar-refractivity contribution >= 4 is 29.5 Å². The molecule has 3 aromatic rings. The summed E-state index contributed by atoms with van der Waals surface area (Å²) in [7, 11) is 0. The Morgan fingerprint density at radius 2 is 1.27 bits per heavy atom. The van der Waals surface area contributed by atoms with Crippen molar-refractivity contribution < 1.29 is 67.3 Å². The van der Waals surface area contributed by atoms with Crippen LogP contribution in [0.2, 0.25) is 0 Å². The van der Waals surface area contributed by atoms with Crippen molar-refractivity contribution in [1.82, 2.24) is 0 Å². The van der Waals surface area contributed by atoms with Crippen LogP contribution in [0.5, 0.6) is 0 Å². The predicted octanol–water partition coefficient (Wildman–Crippen LogP) is 10.0. The minimum absolute atomic E-state index is 0.0596. The van der Waals surface area contributed by atoms with Gasteiger partial charge in [0, 0.05) is 36.5 Å². The number of hydrogen-bond acceptors (Lipinski definition) is 14. The van der Waals surface area contributed by atoms with Gasteiger partial charge in [-0.1, -0.05) is 103 Å². The van der Waals surface area contributed by atoms with Crippen molar-refractivity contribution in [3.05, 3.63) is 108 Å². The normalized spacial score (nSPS) is 37.5. The highest BCUT2D eigenvalue weighted by Gasteiger charge is 2.64. The monoisotopic (exact) mass is 1060 g/mol. The van der Waals surface area contributed by atoms with Gasteiger partial charge in [-0.25, -0.2) is 14.4 Å². The number of hydrogen-bond donors (Lipinski definition) is 2. The maximum Gasteiger partial charge on any atom is 0.338 e. The maximum atomic E-state index is 14.3. The van der Waals surface area contributed by atoms with Gasteiger partial charge in [-0.2, -0.15) is 0 Å². The van der Waals surface area contributed by atoms with Crippen LogP contribution in [0.3, 0.4) is 0 Å². The highest BCUT2D eigenvalue weighted by Crippen LogP contribution is 2.68. The lowest BCUT2D eigenvalue weighted by atomic mass is 9.44. The summed E-state index contributed by atoms with van der Waals surface area (Å²) in [6.07, 6.45) is 1.07. The molecule has 3 aromatic carbocycles. The minimum Gasteiger partial charge on any atom is -0.459 e. The molecule has 0 spiro atoms. The lowest BCUT2D eigenvalue weighted by molar-refractivity contribution is -0.305. The second-order valence-corrected chi connectivity index (χ2v) is 24.2. The molecule has 6 aliphatic rings. The maximum absolute atomic E-state index is 14.3. The molecule has 418 valence electrons. The third-order valence-electron chi connectivity index (χ3n) is 19.6. The number of rotatable bonds is 18. The Hall–Kier alpha value is -4.83. The Kier molecular flexibility index (Phi) is 17.9. The molecule has 6 fully saturated rings. The third-order valence-corrected chi connectivity index (χ3v) is 19.6. The highest BCUT2D eigenvalue weighted by atomic mass is 16.7. The first-order valence-corrected chi connectivity index (χ1v) is 28.7. The van der Waals surface area contributed by atoms with Crippen LogP contribution in [0, 0.1) is 64.1 Å². The van der Waals surface area contributed by atoms with E-state index >= 15 is 0 Å². The average molecular weight is 1060 g/mol. The van der Waals surface area contributed by atoms with Gasteiger partial charge in [0.15, 0.2) is 18.7 Å². The lowest BCUT2D eigenvalue weighted by Gasteiger charge is -2.61. The quantitative estimate of drug-likeness (QED) is 0.0695. The van der Waals surface area contributed by atoms with Gasteiger partial charge < -0.3 is 43.4 Å². The van der Waals surface area contributed by atoms with Gasteiger partial charge in [0.2, 0.25) is 0 Å². The molecule has 0 amide bonds. The van der Waals surface area contributed by atoms with Crippen molar-refractivity contribution in [2.24, 2.45) is 64.1 Å². The summed E-state index contributed by atoms with van der Waals surface area (Å²) >= 11 is 0. The summed E-state index contributed by atoms with van der Waals surface area (Å²) in [6, 6.07) is 26.0. The summed E-state index contributed by atoms with van der Waals surface area (Å²) in [5, 5.41) is 22.2. The van der Waals surface area contributed by atoms with E-state index in [1.165, 1.54) is 0 Å². The Labute approximate surface area is 454 Å². The largest absolute Gasteiger partial charge is 0.459 e. The molecule has 14 heteroatoms. The molecule has 2 heterocycles. The zero-order valence-electron chi connectivity index (χ0n) is 46.0. The first kappa shape index (κ1) is 56.9. The zero-order chi connectivity index (χ0) is 54.8. The van der Waals surface area contributed by atoms with Crippen LogP contribution in [0.25, 0.3) is 0 Å². The molecule has 12 unspecified atom stereocenters. The van der Waals surface area contributed by atoms with E-state index in [2.05, 4.69) is 13.8 Å². The Bertz CT molecular complexity index is 2510. The van der Waals surface area contributed by atoms with Gasteiger partial charge in [-0.15, -0.1) is 0 Å². The van der Waals surface area contributed by atoms with E-state index in [1.54, 1.807) is 79.7 Å². The minimum atomic E-state index is -1.07. The van der Waals surface area contributed by atoms with E-state index in [1.807, 2.05) is 45.9 Å². The van der Waals surface area contributed by atoms with E-state index in [0.717, 1.165) is 44.9 Å². The van der Waals surface area contributed by atoms with Crippen LogP contribution in [0.4, 0.5) is 0 Å². The van der Waals surface area contributed by atoms with Crippen LogP contribution in [-0.2, 0) is 42.7 Å². The SMILES string of the molecule is CCC1O[C@@H](OC[C@@H](C)CCC(=O)[C@@H](C)C2C(=O)CC3C4CCC5CC(O[C@@H]6OC(COC(=O)c7ccccc7)[C@H](O)[C@H](C)C6O)CCC5(C)C4CCC32C)C(OC(=O)c2ccccc2)[C@@H](OC(=O)c2ccccc2)[C@@H]1C. The molecule has 4 aliphatic carbocycles. The number of aliphatic hydroxyl groups is 2. The summed E-state index contributed by atoms with van der Waals surface area (Å²) < 4.78 is 43.5. The Balaban J connectivity index is 0.786. The predicted molar refractivity (Wildman–Crippen MR) is 285 cm³/mol. The summed E-state index contributed by atoms with van der Waals surface area (Å²) in [6.45, 7) is 14.4. The number of fused-ring (bicyclic) bond motifs is 5. The van der Waals surface area contributed by atoms with Crippen LogP contribution in [-0.4, -0.2) is 108 Å². The van der Waals surface area contributed by atoms with E-state index in [4.69, 9.17) is 33.2 Å². The number of ketones is 2. The molecule has 0 bridgehead atoms. The molecule has 0 aromatic heterocycles. The van der Waals surface area contributed by atoms with Crippen molar-refractivity contribution in [2.45, 2.75) is 174 Å². The van der Waals surface area contributed by atoms with Gasteiger partial charge >= 0.3 is 17.9 Å². The van der Waals surface area contributed by atoms with E-state index < -0.39 is 72.8 Å². The van der Waals surface area contributed by atoms with Gasteiger partial charge in [0.25, 0.3) is 0 Å². The molecule has 77 heavy (non-hydrogen) atoms. The fourth-order valence-electron chi connectivity index (χ4n) is 15.0. The third kappa shape index (κ3) is 11.9. The fourth-order valence-corrected chi connectivity index (χ4v) is 15.0. The summed E-state index contributed by atoms with van der Waals surface area (Å²) in [4.78, 5) is 68.3. The van der Waals surface area contributed by atoms with E-state index in [0.29, 0.717) is 60.1 Å². The lowest BCUT2D eigenvalue weighted by Crippen LogP contribution is -2.57. The summed E-state index contributed by atoms with van der Waals surface area (Å²) in [5.74, 6) is -1.63. The molecule has 2 aliphatic heterocycles. The average Bonchev–Trinajstić information content (AvgIpc) is 3.83. The molecule has 20 atom stereocenters. The molecule has 9 rings (SSSR count). The second kappa shape index (κ2) is 24.3. The zero-order valence-corrected chi connectivity index (χ0v) is 46.0. The van der Waals surface area contributed by atoms with Crippen molar-refractivity contribution in [1.29, 1.82) is 0 Å². The topological polar surface area (TPSA) is 190 Å². The molecule has 14 nitrogen and oxygen atoms in total. The second-order valence-electron chi connectivity index (χ2n) is 24.2. The molecular formula is C63H82O14. The smallest absolute Gasteiger partial charge is 0.338 e. The van der Waals surface area contributed by atoms with Crippen LogP contribution >= 0.6 is 0 Å². The van der Waals surface area contributed by atoms with Crippen LogP contribution < -0.4 is 0 Å². The van der Waals surface area contributed by atoms with Crippen molar-refractivity contribution in [3.8, 4) is 0 Å². The van der Waals surface area contributed by atoms with Crippen LogP contribution in [0.1, 0.15) is 150 Å². The number of benzene rings is 3. The van der Waals surface area contributed by atoms with Gasteiger partial charge in [0.1, 0.15) is 36.5 Å². The Morgan fingerprint density at radius 3 is 1.90 bits per heavy atom. The highest BCUT2D eigenvalue weighted by molar-refractivity contribution is 5.92. The van der Waals surface area contributed by atoms with Crippen molar-refractivity contribution in [2.75, 3.05) is 13.2 Å². The number of carbonyl (C=O) groups is 5. The molecular weight excluding hydrogens is 981 g/mol. The van der Waals surface area contributed by atoms with E-state index in [9.17, 15) is 34.2 Å². The number of esters is 3. The number of Topliss-reactive ketones (excluding diaryl/α,β-unsaturated/α-hetero) is 2. The van der Waals surface area contributed by atoms with Crippen molar-refractivity contribution in [3.63, 3.8) is 0 Å².